The molecule has 2 heterocycles. The van der Waals surface area contributed by atoms with Crippen molar-refractivity contribution < 1.29 is 13.0 Å². The Morgan fingerprint density at radius 1 is 1.11 bits per heavy atom. The zero-order valence-corrected chi connectivity index (χ0v) is 15.8. The van der Waals surface area contributed by atoms with Crippen LogP contribution in [0.1, 0.15) is 12.5 Å². The van der Waals surface area contributed by atoms with Crippen LogP contribution < -0.4 is 5.32 Å². The molecule has 140 valence electrons. The summed E-state index contributed by atoms with van der Waals surface area (Å²) in [5, 5.41) is 12.9. The summed E-state index contributed by atoms with van der Waals surface area (Å²) in [4.78, 5) is 4.45. The predicted molar refractivity (Wildman–Crippen MR) is 108 cm³/mol. The molecule has 0 spiro atoms. The SMILES string of the molecule is CCc1ccc(Nc2ccnc3ccc4cn[nH]c4c23)cc1.CS(=O)(=O)O. The van der Waals surface area contributed by atoms with Gasteiger partial charge in [0.1, 0.15) is 0 Å². The highest BCUT2D eigenvalue weighted by Crippen LogP contribution is 2.30. The molecule has 4 rings (SSSR count). The lowest BCUT2D eigenvalue weighted by atomic mass is 10.1. The lowest BCUT2D eigenvalue weighted by Gasteiger charge is -2.10. The van der Waals surface area contributed by atoms with Crippen molar-refractivity contribution in [3.63, 3.8) is 0 Å². The molecule has 0 atom stereocenters. The molecule has 0 aliphatic rings. The molecule has 2 aromatic carbocycles. The van der Waals surface area contributed by atoms with Crippen molar-refractivity contribution in [3.8, 4) is 0 Å². The van der Waals surface area contributed by atoms with E-state index in [0.29, 0.717) is 6.26 Å². The monoisotopic (exact) mass is 384 g/mol. The normalized spacial score (nSPS) is 11.2. The summed E-state index contributed by atoms with van der Waals surface area (Å²) in [5.74, 6) is 0. The van der Waals surface area contributed by atoms with Gasteiger partial charge in [-0.15, -0.1) is 0 Å². The van der Waals surface area contributed by atoms with Crippen molar-refractivity contribution in [1.82, 2.24) is 15.2 Å². The summed E-state index contributed by atoms with van der Waals surface area (Å²) >= 11 is 0. The average molecular weight is 384 g/mol. The maximum absolute atomic E-state index is 9.19. The van der Waals surface area contributed by atoms with Crippen molar-refractivity contribution in [2.24, 2.45) is 0 Å². The number of anilines is 2. The first kappa shape index (κ1) is 18.8. The Labute approximate surface area is 157 Å². The largest absolute Gasteiger partial charge is 0.355 e. The summed E-state index contributed by atoms with van der Waals surface area (Å²) < 4.78 is 25.9. The molecule has 0 aliphatic heterocycles. The first-order chi connectivity index (χ1) is 12.8. The van der Waals surface area contributed by atoms with Crippen molar-refractivity contribution in [2.45, 2.75) is 13.3 Å². The Balaban J connectivity index is 0.000000376. The molecule has 0 bridgehead atoms. The topological polar surface area (TPSA) is 108 Å². The zero-order valence-electron chi connectivity index (χ0n) is 15.0. The second-order valence-electron chi connectivity index (χ2n) is 6.06. The highest BCUT2D eigenvalue weighted by Gasteiger charge is 2.08. The number of H-pyrrole nitrogens is 1. The van der Waals surface area contributed by atoms with Gasteiger partial charge in [-0.3, -0.25) is 14.6 Å². The number of hydrogen-bond acceptors (Lipinski definition) is 5. The Morgan fingerprint density at radius 2 is 1.81 bits per heavy atom. The minimum absolute atomic E-state index is 0.715. The molecule has 0 aliphatic carbocycles. The van der Waals surface area contributed by atoms with E-state index in [2.05, 4.69) is 51.7 Å². The molecule has 0 fully saturated rings. The Kier molecular flexibility index (Phi) is 5.38. The van der Waals surface area contributed by atoms with Crippen molar-refractivity contribution in [3.05, 3.63) is 60.4 Å². The fourth-order valence-corrected chi connectivity index (χ4v) is 2.74. The van der Waals surface area contributed by atoms with Crippen LogP contribution in [0.15, 0.2) is 54.9 Å². The van der Waals surface area contributed by atoms with Gasteiger partial charge in [0.2, 0.25) is 0 Å². The van der Waals surface area contributed by atoms with Gasteiger partial charge in [0.05, 0.1) is 29.2 Å². The lowest BCUT2D eigenvalue weighted by molar-refractivity contribution is 0.490. The number of nitrogens with zero attached hydrogens (tertiary/aromatic N) is 2. The highest BCUT2D eigenvalue weighted by atomic mass is 32.2. The predicted octanol–water partition coefficient (Wildman–Crippen LogP) is 3.92. The van der Waals surface area contributed by atoms with Gasteiger partial charge in [-0.1, -0.05) is 19.1 Å². The fourth-order valence-electron chi connectivity index (χ4n) is 2.74. The van der Waals surface area contributed by atoms with Gasteiger partial charge in [0.15, 0.2) is 0 Å². The Morgan fingerprint density at radius 3 is 2.48 bits per heavy atom. The van der Waals surface area contributed by atoms with Crippen LogP contribution >= 0.6 is 0 Å². The third-order valence-electron chi connectivity index (χ3n) is 3.96. The molecule has 0 radical (unpaired) electrons. The number of benzene rings is 2. The molecule has 8 heteroatoms. The molecule has 2 aromatic heterocycles. The Bertz CT molecular complexity index is 1160. The van der Waals surface area contributed by atoms with Gasteiger partial charge in [0, 0.05) is 22.7 Å². The summed E-state index contributed by atoms with van der Waals surface area (Å²) in [6.07, 6.45) is 5.43. The third kappa shape index (κ3) is 4.81. The molecule has 3 N–H and O–H groups in total. The maximum Gasteiger partial charge on any atom is 0.261 e. The van der Waals surface area contributed by atoms with E-state index in [1.165, 1.54) is 5.56 Å². The number of pyridine rings is 1. The number of aryl methyl sites for hydroxylation is 1. The van der Waals surface area contributed by atoms with Crippen LogP contribution in [0.3, 0.4) is 0 Å². The van der Waals surface area contributed by atoms with Gasteiger partial charge in [0.25, 0.3) is 10.1 Å². The molecular formula is C19H20N4O3S. The van der Waals surface area contributed by atoms with Crippen LogP contribution in [0.5, 0.6) is 0 Å². The number of rotatable bonds is 3. The minimum atomic E-state index is -3.67. The summed E-state index contributed by atoms with van der Waals surface area (Å²) in [5.41, 5.74) is 5.40. The first-order valence-corrected chi connectivity index (χ1v) is 10.2. The van der Waals surface area contributed by atoms with Crippen LogP contribution in [0.4, 0.5) is 11.4 Å². The van der Waals surface area contributed by atoms with E-state index >= 15 is 0 Å². The van der Waals surface area contributed by atoms with E-state index in [0.717, 1.165) is 39.6 Å². The van der Waals surface area contributed by atoms with E-state index in [-0.39, 0.29) is 0 Å². The van der Waals surface area contributed by atoms with Crippen LogP contribution in [0, 0.1) is 0 Å². The second-order valence-corrected chi connectivity index (χ2v) is 7.53. The summed E-state index contributed by atoms with van der Waals surface area (Å²) in [6, 6.07) is 14.6. The van der Waals surface area contributed by atoms with Crippen LogP contribution in [-0.4, -0.2) is 34.4 Å². The molecule has 0 unspecified atom stereocenters. The van der Waals surface area contributed by atoms with Crippen molar-refractivity contribution in [1.29, 1.82) is 0 Å². The number of aromatic nitrogens is 3. The van der Waals surface area contributed by atoms with E-state index in [1.54, 1.807) is 0 Å². The zero-order chi connectivity index (χ0) is 19.4. The molecule has 0 saturated heterocycles. The number of fused-ring (bicyclic) bond motifs is 3. The number of hydrogen-bond donors (Lipinski definition) is 3. The van der Waals surface area contributed by atoms with Gasteiger partial charge in [-0.2, -0.15) is 13.5 Å². The van der Waals surface area contributed by atoms with Gasteiger partial charge >= 0.3 is 0 Å². The van der Waals surface area contributed by atoms with Crippen molar-refractivity contribution >= 4 is 43.3 Å². The number of nitrogens with one attached hydrogen (secondary N) is 2. The van der Waals surface area contributed by atoms with Gasteiger partial charge in [-0.25, -0.2) is 0 Å². The van der Waals surface area contributed by atoms with Gasteiger partial charge in [-0.05, 0) is 42.3 Å². The summed E-state index contributed by atoms with van der Waals surface area (Å²) in [6.45, 7) is 2.16. The molecule has 27 heavy (non-hydrogen) atoms. The van der Waals surface area contributed by atoms with E-state index < -0.39 is 10.1 Å². The summed E-state index contributed by atoms with van der Waals surface area (Å²) in [7, 11) is -3.67. The smallest absolute Gasteiger partial charge is 0.261 e. The highest BCUT2D eigenvalue weighted by molar-refractivity contribution is 7.85. The molecule has 4 aromatic rings. The standard InChI is InChI=1S/C18H16N4.CH4O3S/c1-2-12-3-6-14(7-4-12)21-16-9-10-19-15-8-5-13-11-20-22-18(13)17(15)16;1-5(2,3)4/h3-11H,2H2,1H3,(H,19,21)(H,20,22);1H3,(H,2,3,4). The maximum atomic E-state index is 9.19. The lowest BCUT2D eigenvalue weighted by Crippen LogP contribution is -1.93. The van der Waals surface area contributed by atoms with Crippen LogP contribution in [0.25, 0.3) is 21.8 Å². The molecule has 7 nitrogen and oxygen atoms in total. The quantitative estimate of drug-likeness (QED) is 0.462. The Hall–Kier alpha value is -2.97. The van der Waals surface area contributed by atoms with Crippen LogP contribution in [-0.2, 0) is 16.5 Å². The minimum Gasteiger partial charge on any atom is -0.355 e. The number of aromatic amines is 1. The first-order valence-electron chi connectivity index (χ1n) is 8.34. The third-order valence-corrected chi connectivity index (χ3v) is 3.96. The van der Waals surface area contributed by atoms with Gasteiger partial charge < -0.3 is 5.32 Å². The van der Waals surface area contributed by atoms with Crippen molar-refractivity contribution in [2.75, 3.05) is 11.6 Å². The fraction of sp³-hybridized carbons (Fsp3) is 0.158. The molecular weight excluding hydrogens is 364 g/mol. The molecule has 0 saturated carbocycles. The van der Waals surface area contributed by atoms with Crippen LogP contribution in [0.2, 0.25) is 0 Å². The molecule has 0 amide bonds. The van der Waals surface area contributed by atoms with E-state index in [9.17, 15) is 8.42 Å². The van der Waals surface area contributed by atoms with E-state index in [1.807, 2.05) is 30.6 Å². The second kappa shape index (κ2) is 7.73. The average Bonchev–Trinajstić information content (AvgIpc) is 3.10. The van der Waals surface area contributed by atoms with E-state index in [4.69, 9.17) is 4.55 Å².